The number of rotatable bonds is 3. The van der Waals surface area contributed by atoms with Gasteiger partial charge in [-0.25, -0.2) is 4.98 Å². The number of hydrogen-bond donors (Lipinski definition) is 1. The first-order chi connectivity index (χ1) is 11.7. The number of likely N-dealkylation sites (tertiary alicyclic amines) is 1. The Bertz CT molecular complexity index is 770. The maximum Gasteiger partial charge on any atom is 0.254 e. The summed E-state index contributed by atoms with van der Waals surface area (Å²) in [6.45, 7) is 2.45. The zero-order valence-electron chi connectivity index (χ0n) is 14.1. The Morgan fingerprint density at radius 1 is 1.38 bits per heavy atom. The smallest absolute Gasteiger partial charge is 0.254 e. The summed E-state index contributed by atoms with van der Waals surface area (Å²) >= 11 is 0. The zero-order chi connectivity index (χ0) is 16.7. The summed E-state index contributed by atoms with van der Waals surface area (Å²) in [4.78, 5) is 19.6. The van der Waals surface area contributed by atoms with Crippen LogP contribution in [0.2, 0.25) is 0 Å². The fourth-order valence-electron chi connectivity index (χ4n) is 3.92. The number of carbonyl (C=O) groups excluding carboxylic acids is 1. The summed E-state index contributed by atoms with van der Waals surface area (Å²) in [5.41, 5.74) is 3.36. The van der Waals surface area contributed by atoms with Crippen LogP contribution in [-0.2, 0) is 17.6 Å². The topological polar surface area (TPSA) is 71.1 Å². The molecule has 0 saturated carbocycles. The van der Waals surface area contributed by atoms with Gasteiger partial charge in [0.2, 0.25) is 0 Å². The van der Waals surface area contributed by atoms with Crippen LogP contribution in [0.5, 0.6) is 0 Å². The molecule has 0 bridgehead atoms. The van der Waals surface area contributed by atoms with Crippen LogP contribution in [0, 0.1) is 6.92 Å². The number of aryl methyl sites for hydroxylation is 2. The third-order valence-electron chi connectivity index (χ3n) is 5.15. The van der Waals surface area contributed by atoms with Crippen molar-refractivity contribution in [2.24, 2.45) is 0 Å². The molecule has 1 N–H and O–H groups in total. The van der Waals surface area contributed by atoms with E-state index < -0.39 is 0 Å². The number of aromatic nitrogens is 3. The molecule has 2 aromatic rings. The minimum Gasteiger partial charge on any atom is -0.380 e. The highest BCUT2D eigenvalue weighted by molar-refractivity contribution is 5.96. The number of fused-ring (bicyclic) bond motifs is 1. The molecule has 1 saturated heterocycles. The second-order valence-electron chi connectivity index (χ2n) is 6.64. The van der Waals surface area contributed by atoms with Gasteiger partial charge >= 0.3 is 0 Å². The molecule has 1 aromatic heterocycles. The van der Waals surface area contributed by atoms with Gasteiger partial charge < -0.3 is 9.64 Å². The average molecular weight is 326 g/mol. The van der Waals surface area contributed by atoms with Crippen molar-refractivity contribution < 1.29 is 9.53 Å². The van der Waals surface area contributed by atoms with Crippen molar-refractivity contribution in [3.63, 3.8) is 0 Å². The molecule has 126 valence electrons. The number of H-pyrrole nitrogens is 1. The van der Waals surface area contributed by atoms with Gasteiger partial charge in [0, 0.05) is 25.6 Å². The van der Waals surface area contributed by atoms with Gasteiger partial charge in [0.15, 0.2) is 5.82 Å². The Labute approximate surface area is 141 Å². The molecule has 0 unspecified atom stereocenters. The molecule has 2 aliphatic rings. The summed E-state index contributed by atoms with van der Waals surface area (Å²) in [5.74, 6) is 1.51. The normalized spacial score (nSPS) is 22.8. The predicted octanol–water partition coefficient (Wildman–Crippen LogP) is 2.20. The number of carbonyl (C=O) groups is 1. The van der Waals surface area contributed by atoms with Gasteiger partial charge in [-0.3, -0.25) is 9.89 Å². The zero-order valence-corrected chi connectivity index (χ0v) is 14.1. The number of methoxy groups -OCH3 is 1. The summed E-state index contributed by atoms with van der Waals surface area (Å²) in [7, 11) is 1.69. The first-order valence-corrected chi connectivity index (χ1v) is 8.51. The maximum absolute atomic E-state index is 13.3. The summed E-state index contributed by atoms with van der Waals surface area (Å²) in [5, 5.41) is 7.16. The van der Waals surface area contributed by atoms with Gasteiger partial charge in [0.05, 0.1) is 12.1 Å². The lowest BCUT2D eigenvalue weighted by atomic mass is 10.0. The number of aromatic amines is 1. The predicted molar refractivity (Wildman–Crippen MR) is 88.8 cm³/mol. The van der Waals surface area contributed by atoms with E-state index in [0.717, 1.165) is 37.1 Å². The molecule has 0 radical (unpaired) electrons. The molecule has 0 spiro atoms. The monoisotopic (exact) mass is 326 g/mol. The van der Waals surface area contributed by atoms with Crippen LogP contribution >= 0.6 is 0 Å². The summed E-state index contributed by atoms with van der Waals surface area (Å²) < 4.78 is 5.52. The van der Waals surface area contributed by atoms with E-state index in [0.29, 0.717) is 12.4 Å². The van der Waals surface area contributed by atoms with Crippen molar-refractivity contribution in [1.29, 1.82) is 0 Å². The molecule has 6 heteroatoms. The number of benzene rings is 1. The average Bonchev–Trinajstić information content (AvgIpc) is 3.31. The maximum atomic E-state index is 13.3. The fourth-order valence-corrected chi connectivity index (χ4v) is 3.92. The van der Waals surface area contributed by atoms with Crippen molar-refractivity contribution in [2.45, 2.75) is 44.8 Å². The Kier molecular flexibility index (Phi) is 3.84. The van der Waals surface area contributed by atoms with E-state index in [9.17, 15) is 4.79 Å². The van der Waals surface area contributed by atoms with Crippen LogP contribution in [-0.4, -0.2) is 45.7 Å². The van der Waals surface area contributed by atoms with Crippen LogP contribution in [0.3, 0.4) is 0 Å². The molecule has 1 aromatic carbocycles. The van der Waals surface area contributed by atoms with Crippen molar-refractivity contribution in [1.82, 2.24) is 20.1 Å². The first kappa shape index (κ1) is 15.3. The highest BCUT2D eigenvalue weighted by Crippen LogP contribution is 2.34. The van der Waals surface area contributed by atoms with Gasteiger partial charge in [-0.05, 0) is 43.4 Å². The molecule has 1 aliphatic heterocycles. The number of amides is 1. The van der Waals surface area contributed by atoms with Gasteiger partial charge in [-0.2, -0.15) is 5.10 Å². The molecule has 24 heavy (non-hydrogen) atoms. The van der Waals surface area contributed by atoms with E-state index in [2.05, 4.69) is 21.2 Å². The van der Waals surface area contributed by atoms with Crippen LogP contribution < -0.4 is 0 Å². The molecular weight excluding hydrogens is 304 g/mol. The van der Waals surface area contributed by atoms with Crippen molar-refractivity contribution >= 4 is 5.91 Å². The SMILES string of the molecule is CO[C@@H]1C[C@@H](c2n[nH]c(C)n2)N(C(=O)c2cccc3c2CCC3)C1. The third-order valence-corrected chi connectivity index (χ3v) is 5.15. The molecule has 1 amide bonds. The van der Waals surface area contributed by atoms with Crippen LogP contribution in [0.1, 0.15) is 52.0 Å². The first-order valence-electron chi connectivity index (χ1n) is 8.51. The molecule has 2 heterocycles. The number of nitrogens with zero attached hydrogens (tertiary/aromatic N) is 3. The number of nitrogens with one attached hydrogen (secondary N) is 1. The Morgan fingerprint density at radius 2 is 2.25 bits per heavy atom. The van der Waals surface area contributed by atoms with Crippen LogP contribution in [0.25, 0.3) is 0 Å². The lowest BCUT2D eigenvalue weighted by molar-refractivity contribution is 0.0683. The minimum atomic E-state index is -0.135. The minimum absolute atomic E-state index is 0.0227. The molecule has 1 fully saturated rings. The fraction of sp³-hybridized carbons (Fsp3) is 0.500. The van der Waals surface area contributed by atoms with Crippen molar-refractivity contribution in [3.05, 3.63) is 46.5 Å². The van der Waals surface area contributed by atoms with E-state index in [1.54, 1.807) is 7.11 Å². The lowest BCUT2D eigenvalue weighted by Gasteiger charge is -2.23. The Hall–Kier alpha value is -2.21. The standard InChI is InChI=1S/C18H22N4O2/c1-11-19-17(21-20-11)16-9-13(24-2)10-22(16)18(23)15-8-4-6-12-5-3-7-14(12)15/h4,6,8,13,16H,3,5,7,9-10H2,1-2H3,(H,19,20,21)/t13-,16+/m1/s1. The summed E-state index contributed by atoms with van der Waals surface area (Å²) in [6, 6.07) is 5.95. The van der Waals surface area contributed by atoms with Gasteiger partial charge in [0.25, 0.3) is 5.91 Å². The van der Waals surface area contributed by atoms with E-state index in [1.807, 2.05) is 24.0 Å². The number of ether oxygens (including phenoxy) is 1. The number of hydrogen-bond acceptors (Lipinski definition) is 4. The molecule has 1 aliphatic carbocycles. The highest BCUT2D eigenvalue weighted by Gasteiger charge is 2.39. The lowest BCUT2D eigenvalue weighted by Crippen LogP contribution is -2.33. The second kappa shape index (κ2) is 6.02. The van der Waals surface area contributed by atoms with E-state index in [1.165, 1.54) is 11.1 Å². The quantitative estimate of drug-likeness (QED) is 0.939. The molecule has 2 atom stereocenters. The molecular formula is C18H22N4O2. The van der Waals surface area contributed by atoms with E-state index in [4.69, 9.17) is 4.74 Å². The van der Waals surface area contributed by atoms with Gasteiger partial charge in [-0.1, -0.05) is 12.1 Å². The van der Waals surface area contributed by atoms with E-state index in [-0.39, 0.29) is 18.1 Å². The second-order valence-corrected chi connectivity index (χ2v) is 6.64. The van der Waals surface area contributed by atoms with Gasteiger partial charge in [-0.15, -0.1) is 0 Å². The van der Waals surface area contributed by atoms with E-state index >= 15 is 0 Å². The summed E-state index contributed by atoms with van der Waals surface area (Å²) in [6.07, 6.45) is 3.94. The highest BCUT2D eigenvalue weighted by atomic mass is 16.5. The van der Waals surface area contributed by atoms with Crippen molar-refractivity contribution in [3.8, 4) is 0 Å². The molecule has 6 nitrogen and oxygen atoms in total. The molecule has 4 rings (SSSR count). The van der Waals surface area contributed by atoms with Crippen molar-refractivity contribution in [2.75, 3.05) is 13.7 Å². The third kappa shape index (κ3) is 2.51. The Balaban J connectivity index is 1.68. The van der Waals surface area contributed by atoms with Crippen LogP contribution in [0.4, 0.5) is 0 Å². The largest absolute Gasteiger partial charge is 0.380 e. The van der Waals surface area contributed by atoms with Gasteiger partial charge in [0.1, 0.15) is 5.82 Å². The van der Waals surface area contributed by atoms with Crippen LogP contribution in [0.15, 0.2) is 18.2 Å². The Morgan fingerprint density at radius 3 is 3.00 bits per heavy atom.